The van der Waals surface area contributed by atoms with Gasteiger partial charge < -0.3 is 15.3 Å². The van der Waals surface area contributed by atoms with E-state index in [4.69, 9.17) is 5.11 Å². The molecule has 2 fully saturated rings. The molecule has 0 aliphatic carbocycles. The van der Waals surface area contributed by atoms with Gasteiger partial charge in [0.2, 0.25) is 0 Å². The van der Waals surface area contributed by atoms with Gasteiger partial charge in [-0.25, -0.2) is 14.5 Å². The molecule has 0 bridgehead atoms. The predicted molar refractivity (Wildman–Crippen MR) is 81.7 cm³/mol. The molecular formula is C14H14BrN3O4. The molecule has 116 valence electrons. The van der Waals surface area contributed by atoms with Gasteiger partial charge in [-0.15, -0.1) is 0 Å². The van der Waals surface area contributed by atoms with Crippen molar-refractivity contribution in [1.82, 2.24) is 10.2 Å². The first-order chi connectivity index (χ1) is 10.4. The fourth-order valence-corrected chi connectivity index (χ4v) is 3.20. The minimum atomic E-state index is -1.15. The molecular weight excluding hydrogens is 354 g/mol. The zero-order chi connectivity index (χ0) is 15.9. The van der Waals surface area contributed by atoms with Gasteiger partial charge in [0, 0.05) is 11.0 Å². The second kappa shape index (κ2) is 5.28. The third-order valence-electron chi connectivity index (χ3n) is 4.01. The lowest BCUT2D eigenvalue weighted by molar-refractivity contribution is -0.123. The number of hydrogen-bond acceptors (Lipinski definition) is 3. The van der Waals surface area contributed by atoms with Crippen molar-refractivity contribution in [2.75, 3.05) is 18.0 Å². The van der Waals surface area contributed by atoms with E-state index in [-0.39, 0.29) is 6.54 Å². The Hall–Kier alpha value is -2.09. The summed E-state index contributed by atoms with van der Waals surface area (Å²) in [6.07, 6.45) is -0.107. The summed E-state index contributed by atoms with van der Waals surface area (Å²) in [7, 11) is 0. The van der Waals surface area contributed by atoms with E-state index in [1.165, 1.54) is 4.90 Å². The molecule has 2 aliphatic rings. The highest BCUT2D eigenvalue weighted by Gasteiger charge is 2.54. The van der Waals surface area contributed by atoms with Crippen molar-refractivity contribution >= 4 is 39.6 Å². The molecule has 1 spiro atoms. The minimum absolute atomic E-state index is 0.0140. The average Bonchev–Trinajstić information content (AvgIpc) is 2.71. The number of carboxylic acid groups (broad SMARTS) is 1. The first-order valence-corrected chi connectivity index (χ1v) is 7.62. The van der Waals surface area contributed by atoms with Gasteiger partial charge in [0.1, 0.15) is 5.54 Å². The fraction of sp³-hybridized carbons (Fsp3) is 0.357. The Morgan fingerprint density at radius 3 is 2.59 bits per heavy atom. The van der Waals surface area contributed by atoms with Crippen LogP contribution in [0.25, 0.3) is 0 Å². The van der Waals surface area contributed by atoms with E-state index in [0.717, 1.165) is 9.37 Å². The average molecular weight is 368 g/mol. The smallest absolute Gasteiger partial charge is 0.407 e. The number of rotatable bonds is 1. The first-order valence-electron chi connectivity index (χ1n) is 6.83. The second-order valence-electron chi connectivity index (χ2n) is 5.44. The van der Waals surface area contributed by atoms with Crippen LogP contribution in [-0.4, -0.2) is 46.7 Å². The number of nitrogens with zero attached hydrogens (tertiary/aromatic N) is 2. The van der Waals surface area contributed by atoms with E-state index in [1.54, 1.807) is 24.3 Å². The molecule has 3 rings (SSSR count). The second-order valence-corrected chi connectivity index (χ2v) is 6.35. The van der Waals surface area contributed by atoms with Gasteiger partial charge in [0.15, 0.2) is 0 Å². The van der Waals surface area contributed by atoms with Crippen LogP contribution in [0.5, 0.6) is 0 Å². The monoisotopic (exact) mass is 367 g/mol. The Bertz CT molecular complexity index is 648. The van der Waals surface area contributed by atoms with Crippen LogP contribution in [0.1, 0.15) is 12.8 Å². The number of urea groups is 1. The molecule has 0 radical (unpaired) electrons. The number of nitrogens with one attached hydrogen (secondary N) is 1. The normalized spacial score (nSPS) is 24.8. The zero-order valence-electron chi connectivity index (χ0n) is 11.6. The Kier molecular flexibility index (Phi) is 3.56. The van der Waals surface area contributed by atoms with Gasteiger partial charge in [-0.05, 0) is 37.1 Å². The molecule has 1 aromatic carbocycles. The van der Waals surface area contributed by atoms with E-state index < -0.39 is 23.6 Å². The number of hydrogen-bond donors (Lipinski definition) is 2. The van der Waals surface area contributed by atoms with Crippen LogP contribution < -0.4 is 10.2 Å². The summed E-state index contributed by atoms with van der Waals surface area (Å²) in [4.78, 5) is 38.4. The molecule has 7 nitrogen and oxygen atoms in total. The van der Waals surface area contributed by atoms with Crippen LogP contribution in [0.15, 0.2) is 28.7 Å². The summed E-state index contributed by atoms with van der Waals surface area (Å²) in [5.74, 6) is -0.397. The number of amides is 4. The molecule has 0 saturated carbocycles. The van der Waals surface area contributed by atoms with Crippen LogP contribution in [0.2, 0.25) is 0 Å². The lowest BCUT2D eigenvalue weighted by atomic mass is 9.89. The van der Waals surface area contributed by atoms with Crippen molar-refractivity contribution in [3.8, 4) is 0 Å². The summed E-state index contributed by atoms with van der Waals surface area (Å²) < 4.78 is 0.840. The lowest BCUT2D eigenvalue weighted by Crippen LogP contribution is -2.59. The summed E-state index contributed by atoms with van der Waals surface area (Å²) in [6.45, 7) is 0.360. The van der Waals surface area contributed by atoms with Crippen molar-refractivity contribution in [2.45, 2.75) is 18.4 Å². The molecule has 2 saturated heterocycles. The Morgan fingerprint density at radius 1 is 1.27 bits per heavy atom. The minimum Gasteiger partial charge on any atom is -0.465 e. The number of piperidine rings is 1. The number of anilines is 1. The number of halogens is 1. The molecule has 2 aliphatic heterocycles. The van der Waals surface area contributed by atoms with Gasteiger partial charge >= 0.3 is 12.1 Å². The van der Waals surface area contributed by atoms with Crippen LogP contribution in [-0.2, 0) is 4.79 Å². The molecule has 1 aromatic rings. The maximum atomic E-state index is 12.8. The third-order valence-corrected chi connectivity index (χ3v) is 4.54. The van der Waals surface area contributed by atoms with Gasteiger partial charge in [-0.2, -0.15) is 0 Å². The highest BCUT2D eigenvalue weighted by Crippen LogP contribution is 2.32. The Balaban J connectivity index is 1.90. The van der Waals surface area contributed by atoms with Crippen LogP contribution in [0.3, 0.4) is 0 Å². The maximum absolute atomic E-state index is 12.8. The summed E-state index contributed by atoms with van der Waals surface area (Å²) in [5, 5.41) is 11.8. The highest BCUT2D eigenvalue weighted by atomic mass is 79.9. The maximum Gasteiger partial charge on any atom is 0.407 e. The number of carbonyl (C=O) groups is 3. The van der Waals surface area contributed by atoms with Crippen molar-refractivity contribution in [3.05, 3.63) is 28.7 Å². The Morgan fingerprint density at radius 2 is 1.95 bits per heavy atom. The summed E-state index contributed by atoms with van der Waals surface area (Å²) >= 11 is 3.30. The highest BCUT2D eigenvalue weighted by molar-refractivity contribution is 9.10. The number of benzene rings is 1. The van der Waals surface area contributed by atoms with Crippen molar-refractivity contribution < 1.29 is 19.5 Å². The molecule has 4 amide bonds. The molecule has 1 atom stereocenters. The van der Waals surface area contributed by atoms with Gasteiger partial charge in [0.25, 0.3) is 5.91 Å². The molecule has 1 unspecified atom stereocenters. The van der Waals surface area contributed by atoms with Crippen molar-refractivity contribution in [3.63, 3.8) is 0 Å². The SMILES string of the molecule is O=C(O)N1CCCC2(C1)NC(=O)N(c1ccc(Br)cc1)C2=O. The molecule has 2 N–H and O–H groups in total. The van der Waals surface area contributed by atoms with Crippen molar-refractivity contribution in [2.24, 2.45) is 0 Å². The largest absolute Gasteiger partial charge is 0.465 e. The topological polar surface area (TPSA) is 89.9 Å². The van der Waals surface area contributed by atoms with Crippen LogP contribution in [0, 0.1) is 0 Å². The summed E-state index contributed by atoms with van der Waals surface area (Å²) in [5.41, 5.74) is -0.684. The summed E-state index contributed by atoms with van der Waals surface area (Å²) in [6, 6.07) is 6.30. The zero-order valence-corrected chi connectivity index (χ0v) is 13.2. The van der Waals surface area contributed by atoms with Gasteiger partial charge in [-0.3, -0.25) is 4.79 Å². The fourth-order valence-electron chi connectivity index (χ4n) is 2.94. The van der Waals surface area contributed by atoms with E-state index in [9.17, 15) is 14.4 Å². The van der Waals surface area contributed by atoms with E-state index >= 15 is 0 Å². The predicted octanol–water partition coefficient (Wildman–Crippen LogP) is 2.02. The van der Waals surface area contributed by atoms with Gasteiger partial charge in [0.05, 0.1) is 12.2 Å². The quantitative estimate of drug-likeness (QED) is 0.743. The lowest BCUT2D eigenvalue weighted by Gasteiger charge is -2.36. The molecule has 0 aromatic heterocycles. The molecule has 8 heteroatoms. The number of likely N-dealkylation sites (tertiary alicyclic amines) is 1. The number of carbonyl (C=O) groups excluding carboxylic acids is 2. The van der Waals surface area contributed by atoms with Crippen LogP contribution in [0.4, 0.5) is 15.3 Å². The van der Waals surface area contributed by atoms with Gasteiger partial charge in [-0.1, -0.05) is 15.9 Å². The Labute approximate surface area is 135 Å². The third kappa shape index (κ3) is 2.33. The van der Waals surface area contributed by atoms with E-state index in [1.807, 2.05) is 0 Å². The molecule has 2 heterocycles. The van der Waals surface area contributed by atoms with Crippen LogP contribution >= 0.6 is 15.9 Å². The molecule has 22 heavy (non-hydrogen) atoms. The van der Waals surface area contributed by atoms with Crippen molar-refractivity contribution in [1.29, 1.82) is 0 Å². The number of imide groups is 1. The van der Waals surface area contributed by atoms with E-state index in [2.05, 4.69) is 21.2 Å². The first kappa shape index (κ1) is 14.8. The standard InChI is InChI=1S/C14H14BrN3O4/c15-9-2-4-10(5-3-9)18-11(19)14(16-12(18)20)6-1-7-17(8-14)13(21)22/h2-5H,1,6-8H2,(H,16,20)(H,21,22). The van der Waals surface area contributed by atoms with E-state index in [0.29, 0.717) is 25.1 Å².